The summed E-state index contributed by atoms with van der Waals surface area (Å²) in [7, 11) is 3.92. The second kappa shape index (κ2) is 7.68. The predicted octanol–water partition coefficient (Wildman–Crippen LogP) is 3.88. The Labute approximate surface area is 145 Å². The van der Waals surface area contributed by atoms with Gasteiger partial charge in [-0.05, 0) is 37.9 Å². The van der Waals surface area contributed by atoms with E-state index in [0.717, 1.165) is 11.1 Å². The van der Waals surface area contributed by atoms with Gasteiger partial charge >= 0.3 is 0 Å². The van der Waals surface area contributed by atoms with Crippen LogP contribution in [0.15, 0.2) is 36.4 Å². The number of hydrogen-bond acceptors (Lipinski definition) is 3. The van der Waals surface area contributed by atoms with E-state index in [9.17, 15) is 4.79 Å². The van der Waals surface area contributed by atoms with Gasteiger partial charge in [-0.25, -0.2) is 0 Å². The number of hydrogen-bond donors (Lipinski definition) is 1. The highest BCUT2D eigenvalue weighted by Crippen LogP contribution is 2.31. The number of halogens is 2. The van der Waals surface area contributed by atoms with Crippen molar-refractivity contribution in [1.29, 1.82) is 0 Å². The predicted molar refractivity (Wildman–Crippen MR) is 93.3 cm³/mol. The molecule has 0 bridgehead atoms. The lowest BCUT2D eigenvalue weighted by atomic mass is 10.1. The molecule has 0 fully saturated rings. The molecule has 0 heterocycles. The first-order valence-corrected chi connectivity index (χ1v) is 7.78. The van der Waals surface area contributed by atoms with Crippen LogP contribution < -0.4 is 10.5 Å². The van der Waals surface area contributed by atoms with Crippen molar-refractivity contribution in [3.05, 3.63) is 57.6 Å². The molecule has 2 rings (SSSR count). The van der Waals surface area contributed by atoms with Crippen LogP contribution in [0.4, 0.5) is 0 Å². The highest BCUT2D eigenvalue weighted by atomic mass is 35.5. The molecule has 0 aliphatic rings. The first kappa shape index (κ1) is 17.6. The molecule has 0 radical (unpaired) electrons. The lowest BCUT2D eigenvalue weighted by Gasteiger charge is -2.16. The molecule has 0 saturated heterocycles. The Morgan fingerprint density at radius 2 is 1.87 bits per heavy atom. The summed E-state index contributed by atoms with van der Waals surface area (Å²) in [6.45, 7) is 0.670. The number of primary amides is 1. The molecule has 122 valence electrons. The number of ether oxygens (including phenoxy) is 1. The maximum absolute atomic E-state index is 11.1. The van der Waals surface area contributed by atoms with E-state index in [2.05, 4.69) is 0 Å². The van der Waals surface area contributed by atoms with Crippen LogP contribution in [0.5, 0.6) is 11.5 Å². The van der Waals surface area contributed by atoms with E-state index in [1.54, 1.807) is 18.2 Å². The molecular weight excluding hydrogens is 335 g/mol. The maximum atomic E-state index is 11.1. The smallest absolute Gasteiger partial charge is 0.221 e. The second-order valence-electron chi connectivity index (χ2n) is 5.50. The fourth-order valence-corrected chi connectivity index (χ4v) is 2.46. The molecule has 0 aliphatic heterocycles. The first-order chi connectivity index (χ1) is 10.8. The summed E-state index contributed by atoms with van der Waals surface area (Å²) in [5.41, 5.74) is 7.08. The van der Waals surface area contributed by atoms with Crippen molar-refractivity contribution in [2.45, 2.75) is 13.0 Å². The fraction of sp³-hybridized carbons (Fsp3) is 0.235. The van der Waals surface area contributed by atoms with Gasteiger partial charge in [-0.15, -0.1) is 0 Å². The van der Waals surface area contributed by atoms with E-state index in [0.29, 0.717) is 28.1 Å². The summed E-state index contributed by atoms with van der Waals surface area (Å²) in [6, 6.07) is 10.7. The number of amides is 1. The van der Waals surface area contributed by atoms with Crippen molar-refractivity contribution in [3.8, 4) is 11.5 Å². The van der Waals surface area contributed by atoms with E-state index in [1.807, 2.05) is 37.2 Å². The Balaban J connectivity index is 2.31. The van der Waals surface area contributed by atoms with Crippen LogP contribution in [0.2, 0.25) is 10.0 Å². The van der Waals surface area contributed by atoms with Gasteiger partial charge in [0.25, 0.3) is 0 Å². The quantitative estimate of drug-likeness (QED) is 0.858. The zero-order chi connectivity index (χ0) is 17.0. The van der Waals surface area contributed by atoms with Gasteiger partial charge in [0.1, 0.15) is 11.5 Å². The van der Waals surface area contributed by atoms with Gasteiger partial charge in [0.15, 0.2) is 0 Å². The minimum atomic E-state index is -0.362. The minimum Gasteiger partial charge on any atom is -0.457 e. The Kier molecular flexibility index (Phi) is 5.88. The number of carbonyl (C=O) groups is 1. The molecule has 0 atom stereocenters. The fourth-order valence-electron chi connectivity index (χ4n) is 2.18. The van der Waals surface area contributed by atoms with Crippen molar-refractivity contribution < 1.29 is 9.53 Å². The van der Waals surface area contributed by atoms with Gasteiger partial charge in [-0.1, -0.05) is 35.3 Å². The van der Waals surface area contributed by atoms with E-state index < -0.39 is 0 Å². The molecule has 6 heteroatoms. The third kappa shape index (κ3) is 5.13. The number of nitrogens with zero attached hydrogens (tertiary/aromatic N) is 1. The van der Waals surface area contributed by atoms with Crippen molar-refractivity contribution in [3.63, 3.8) is 0 Å². The molecule has 2 aromatic rings. The Morgan fingerprint density at radius 1 is 1.13 bits per heavy atom. The summed E-state index contributed by atoms with van der Waals surface area (Å²) in [4.78, 5) is 13.1. The summed E-state index contributed by atoms with van der Waals surface area (Å²) < 4.78 is 5.92. The Morgan fingerprint density at radius 3 is 2.48 bits per heavy atom. The number of nitrogens with two attached hydrogens (primary N) is 1. The molecule has 0 spiro atoms. The Bertz CT molecular complexity index is 718. The van der Waals surface area contributed by atoms with Gasteiger partial charge in [0.05, 0.1) is 16.5 Å². The third-order valence-electron chi connectivity index (χ3n) is 3.11. The number of rotatable bonds is 6. The number of benzene rings is 2. The standard InChI is InChI=1S/C17H18Cl2N2O2/c1-21(2)10-12-7-11(8-17(20)22)3-6-16(12)23-13-4-5-14(18)15(19)9-13/h3-7,9H,8,10H2,1-2H3,(H2,20,22). The van der Waals surface area contributed by atoms with Gasteiger partial charge in [0, 0.05) is 18.2 Å². The summed E-state index contributed by atoms with van der Waals surface area (Å²) in [5.74, 6) is 0.936. The molecule has 0 aliphatic carbocycles. The lowest BCUT2D eigenvalue weighted by Crippen LogP contribution is -2.15. The third-order valence-corrected chi connectivity index (χ3v) is 3.85. The van der Waals surface area contributed by atoms with Crippen LogP contribution >= 0.6 is 23.2 Å². The highest BCUT2D eigenvalue weighted by molar-refractivity contribution is 6.42. The van der Waals surface area contributed by atoms with E-state index >= 15 is 0 Å². The SMILES string of the molecule is CN(C)Cc1cc(CC(N)=O)ccc1Oc1ccc(Cl)c(Cl)c1. The van der Waals surface area contributed by atoms with Crippen LogP contribution in [0, 0.1) is 0 Å². The molecular formula is C17H18Cl2N2O2. The van der Waals surface area contributed by atoms with Gasteiger partial charge in [-0.3, -0.25) is 4.79 Å². The van der Waals surface area contributed by atoms with Crippen LogP contribution in [-0.4, -0.2) is 24.9 Å². The molecule has 0 saturated carbocycles. The van der Waals surface area contributed by atoms with Crippen LogP contribution in [-0.2, 0) is 17.8 Å². The normalized spacial score (nSPS) is 10.8. The van der Waals surface area contributed by atoms with Crippen LogP contribution in [0.1, 0.15) is 11.1 Å². The van der Waals surface area contributed by atoms with E-state index in [4.69, 9.17) is 33.7 Å². The topological polar surface area (TPSA) is 55.6 Å². The van der Waals surface area contributed by atoms with Crippen molar-refractivity contribution in [1.82, 2.24) is 4.90 Å². The monoisotopic (exact) mass is 352 g/mol. The maximum Gasteiger partial charge on any atom is 0.221 e. The molecule has 0 unspecified atom stereocenters. The molecule has 1 amide bonds. The average molecular weight is 353 g/mol. The molecule has 23 heavy (non-hydrogen) atoms. The first-order valence-electron chi connectivity index (χ1n) is 7.03. The molecule has 0 aromatic heterocycles. The van der Waals surface area contributed by atoms with Gasteiger partial charge in [0.2, 0.25) is 5.91 Å². The minimum absolute atomic E-state index is 0.202. The summed E-state index contributed by atoms with van der Waals surface area (Å²) >= 11 is 11.9. The van der Waals surface area contributed by atoms with Crippen LogP contribution in [0.25, 0.3) is 0 Å². The molecule has 4 nitrogen and oxygen atoms in total. The van der Waals surface area contributed by atoms with Crippen molar-refractivity contribution in [2.24, 2.45) is 5.73 Å². The zero-order valence-corrected chi connectivity index (χ0v) is 14.5. The summed E-state index contributed by atoms with van der Waals surface area (Å²) in [5, 5.41) is 0.910. The number of carbonyl (C=O) groups excluding carboxylic acids is 1. The van der Waals surface area contributed by atoms with Gasteiger partial charge < -0.3 is 15.4 Å². The average Bonchev–Trinajstić information content (AvgIpc) is 2.44. The largest absolute Gasteiger partial charge is 0.457 e. The second-order valence-corrected chi connectivity index (χ2v) is 6.32. The summed E-state index contributed by atoms with van der Waals surface area (Å²) in [6.07, 6.45) is 0.202. The van der Waals surface area contributed by atoms with Gasteiger partial charge in [-0.2, -0.15) is 0 Å². The van der Waals surface area contributed by atoms with E-state index in [1.165, 1.54) is 0 Å². The van der Waals surface area contributed by atoms with Crippen LogP contribution in [0.3, 0.4) is 0 Å². The molecule has 2 N–H and O–H groups in total. The van der Waals surface area contributed by atoms with E-state index in [-0.39, 0.29) is 12.3 Å². The Hall–Kier alpha value is -1.75. The molecule has 2 aromatic carbocycles. The highest BCUT2D eigenvalue weighted by Gasteiger charge is 2.10. The lowest BCUT2D eigenvalue weighted by molar-refractivity contribution is -0.117. The van der Waals surface area contributed by atoms with Crippen molar-refractivity contribution in [2.75, 3.05) is 14.1 Å². The van der Waals surface area contributed by atoms with Crippen molar-refractivity contribution >= 4 is 29.1 Å². The zero-order valence-electron chi connectivity index (χ0n) is 13.0.